The number of nitrogen functional groups attached to an aromatic ring is 1. The van der Waals surface area contributed by atoms with Crippen molar-refractivity contribution in [1.29, 1.82) is 0 Å². The van der Waals surface area contributed by atoms with Crippen molar-refractivity contribution in [3.63, 3.8) is 0 Å². The van der Waals surface area contributed by atoms with E-state index in [2.05, 4.69) is 20.2 Å². The van der Waals surface area contributed by atoms with Crippen LogP contribution < -0.4 is 10.6 Å². The molecule has 3 rings (SSSR count). The average Bonchev–Trinajstić information content (AvgIpc) is 2.90. The number of H-pyrrole nitrogens is 1. The predicted octanol–water partition coefficient (Wildman–Crippen LogP) is 1.92. The number of aromatic amines is 1. The Labute approximate surface area is 122 Å². The SMILES string of the molecule is Cc1nc(C)c(F)c(N2CCC(c3cc(N)n[nH]3)CC2)n1. The van der Waals surface area contributed by atoms with Crippen LogP contribution in [-0.2, 0) is 0 Å². The second kappa shape index (κ2) is 5.31. The van der Waals surface area contributed by atoms with E-state index >= 15 is 0 Å². The normalized spacial score (nSPS) is 16.4. The molecule has 0 radical (unpaired) electrons. The van der Waals surface area contributed by atoms with E-state index in [9.17, 15) is 4.39 Å². The molecule has 0 saturated carbocycles. The number of halogens is 1. The van der Waals surface area contributed by atoms with Crippen LogP contribution in [0.1, 0.15) is 36.0 Å². The van der Waals surface area contributed by atoms with Crippen LogP contribution in [0.3, 0.4) is 0 Å². The monoisotopic (exact) mass is 290 g/mol. The largest absolute Gasteiger partial charge is 0.382 e. The van der Waals surface area contributed by atoms with Crippen molar-refractivity contribution >= 4 is 11.6 Å². The summed E-state index contributed by atoms with van der Waals surface area (Å²) in [5.74, 6) is 1.61. The Bertz CT molecular complexity index is 645. The zero-order valence-electron chi connectivity index (χ0n) is 12.2. The Balaban J connectivity index is 1.74. The Morgan fingerprint density at radius 1 is 1.29 bits per heavy atom. The quantitative estimate of drug-likeness (QED) is 0.883. The molecule has 2 aromatic rings. The Morgan fingerprint density at radius 2 is 2.00 bits per heavy atom. The molecule has 112 valence electrons. The molecule has 3 N–H and O–H groups in total. The first-order chi connectivity index (χ1) is 10.0. The number of nitrogens with two attached hydrogens (primary N) is 1. The first kappa shape index (κ1) is 13.8. The van der Waals surface area contributed by atoms with Gasteiger partial charge in [-0.15, -0.1) is 0 Å². The molecule has 0 aromatic carbocycles. The van der Waals surface area contributed by atoms with Crippen LogP contribution in [0.4, 0.5) is 16.0 Å². The topological polar surface area (TPSA) is 83.7 Å². The summed E-state index contributed by atoms with van der Waals surface area (Å²) in [6, 6.07) is 1.87. The highest BCUT2D eigenvalue weighted by Gasteiger charge is 2.25. The zero-order valence-corrected chi connectivity index (χ0v) is 12.2. The maximum absolute atomic E-state index is 14.2. The van der Waals surface area contributed by atoms with E-state index in [-0.39, 0.29) is 5.82 Å². The maximum Gasteiger partial charge on any atom is 0.186 e. The van der Waals surface area contributed by atoms with Crippen LogP contribution in [0.25, 0.3) is 0 Å². The van der Waals surface area contributed by atoms with E-state index in [4.69, 9.17) is 5.73 Å². The van der Waals surface area contributed by atoms with Gasteiger partial charge in [-0.25, -0.2) is 14.4 Å². The molecule has 0 atom stereocenters. The minimum absolute atomic E-state index is 0.315. The first-order valence-electron chi connectivity index (χ1n) is 7.11. The zero-order chi connectivity index (χ0) is 15.0. The highest BCUT2D eigenvalue weighted by molar-refractivity contribution is 5.42. The number of nitrogens with zero attached hydrogens (tertiary/aromatic N) is 4. The van der Waals surface area contributed by atoms with Crippen molar-refractivity contribution in [3.8, 4) is 0 Å². The van der Waals surface area contributed by atoms with Crippen molar-refractivity contribution in [2.75, 3.05) is 23.7 Å². The minimum atomic E-state index is -0.315. The number of piperidine rings is 1. The van der Waals surface area contributed by atoms with Gasteiger partial charge in [0, 0.05) is 30.8 Å². The molecular formula is C14H19FN6. The standard InChI is InChI=1S/C14H19FN6/c1-8-13(15)14(18-9(2)17-8)21-5-3-10(4-6-21)11-7-12(16)20-19-11/h7,10H,3-6H2,1-2H3,(H3,16,19,20). The number of hydrogen-bond donors (Lipinski definition) is 2. The summed E-state index contributed by atoms with van der Waals surface area (Å²) >= 11 is 0. The van der Waals surface area contributed by atoms with Crippen LogP contribution in [0.5, 0.6) is 0 Å². The summed E-state index contributed by atoms with van der Waals surface area (Å²) in [7, 11) is 0. The van der Waals surface area contributed by atoms with E-state index in [1.54, 1.807) is 13.8 Å². The molecule has 21 heavy (non-hydrogen) atoms. The van der Waals surface area contributed by atoms with Gasteiger partial charge in [-0.1, -0.05) is 0 Å². The number of rotatable bonds is 2. The smallest absolute Gasteiger partial charge is 0.186 e. The molecular weight excluding hydrogens is 271 g/mol. The molecule has 1 aliphatic rings. The van der Waals surface area contributed by atoms with Crippen LogP contribution >= 0.6 is 0 Å². The van der Waals surface area contributed by atoms with E-state index < -0.39 is 0 Å². The molecule has 2 aromatic heterocycles. The lowest BCUT2D eigenvalue weighted by molar-refractivity contribution is 0.482. The Hall–Kier alpha value is -2.18. The fourth-order valence-corrected chi connectivity index (χ4v) is 2.85. The highest BCUT2D eigenvalue weighted by atomic mass is 19.1. The van der Waals surface area contributed by atoms with Gasteiger partial charge in [-0.3, -0.25) is 5.10 Å². The molecule has 0 aliphatic carbocycles. The summed E-state index contributed by atoms with van der Waals surface area (Å²) in [6.45, 7) is 4.98. The summed E-state index contributed by atoms with van der Waals surface area (Å²) < 4.78 is 14.2. The number of aryl methyl sites for hydroxylation is 2. The minimum Gasteiger partial charge on any atom is -0.382 e. The van der Waals surface area contributed by atoms with Crippen LogP contribution in [0, 0.1) is 19.7 Å². The number of hydrogen-bond acceptors (Lipinski definition) is 5. The molecule has 1 saturated heterocycles. The summed E-state index contributed by atoms with van der Waals surface area (Å²) in [4.78, 5) is 10.3. The van der Waals surface area contributed by atoms with Crippen molar-refractivity contribution in [3.05, 3.63) is 29.1 Å². The second-order valence-corrected chi connectivity index (χ2v) is 5.50. The Morgan fingerprint density at radius 3 is 2.62 bits per heavy atom. The summed E-state index contributed by atoms with van der Waals surface area (Å²) in [6.07, 6.45) is 1.84. The lowest BCUT2D eigenvalue weighted by Gasteiger charge is -2.32. The molecule has 1 aliphatic heterocycles. The molecule has 6 nitrogen and oxygen atoms in total. The van der Waals surface area contributed by atoms with E-state index in [0.717, 1.165) is 31.6 Å². The van der Waals surface area contributed by atoms with Crippen LogP contribution in [-0.4, -0.2) is 33.3 Å². The van der Waals surface area contributed by atoms with Crippen molar-refractivity contribution < 1.29 is 4.39 Å². The van der Waals surface area contributed by atoms with Gasteiger partial charge in [-0.05, 0) is 26.7 Å². The molecule has 1 fully saturated rings. The lowest BCUT2D eigenvalue weighted by Crippen LogP contribution is -2.34. The van der Waals surface area contributed by atoms with Gasteiger partial charge < -0.3 is 10.6 Å². The van der Waals surface area contributed by atoms with Gasteiger partial charge in [-0.2, -0.15) is 5.10 Å². The van der Waals surface area contributed by atoms with Crippen molar-refractivity contribution in [1.82, 2.24) is 20.2 Å². The molecule has 7 heteroatoms. The van der Waals surface area contributed by atoms with Crippen LogP contribution in [0.15, 0.2) is 6.07 Å². The second-order valence-electron chi connectivity index (χ2n) is 5.50. The van der Waals surface area contributed by atoms with Crippen molar-refractivity contribution in [2.24, 2.45) is 0 Å². The van der Waals surface area contributed by atoms with E-state index in [1.807, 2.05) is 11.0 Å². The maximum atomic E-state index is 14.2. The molecule has 3 heterocycles. The third-order valence-corrected chi connectivity index (χ3v) is 3.96. The van der Waals surface area contributed by atoms with Crippen molar-refractivity contribution in [2.45, 2.75) is 32.6 Å². The average molecular weight is 290 g/mol. The molecule has 0 bridgehead atoms. The fraction of sp³-hybridized carbons (Fsp3) is 0.500. The summed E-state index contributed by atoms with van der Waals surface area (Å²) in [5.41, 5.74) is 7.10. The highest BCUT2D eigenvalue weighted by Crippen LogP contribution is 2.30. The number of aromatic nitrogens is 4. The molecule has 0 amide bonds. The number of anilines is 2. The fourth-order valence-electron chi connectivity index (χ4n) is 2.85. The molecule has 0 spiro atoms. The van der Waals surface area contributed by atoms with E-state index in [0.29, 0.717) is 29.1 Å². The van der Waals surface area contributed by atoms with Gasteiger partial charge in [0.15, 0.2) is 11.6 Å². The van der Waals surface area contributed by atoms with E-state index in [1.165, 1.54) is 0 Å². The van der Waals surface area contributed by atoms with Gasteiger partial charge >= 0.3 is 0 Å². The third kappa shape index (κ3) is 2.68. The number of nitrogens with one attached hydrogen (secondary N) is 1. The van der Waals surface area contributed by atoms with Gasteiger partial charge in [0.1, 0.15) is 11.6 Å². The van der Waals surface area contributed by atoms with Gasteiger partial charge in [0.05, 0.1) is 5.69 Å². The third-order valence-electron chi connectivity index (χ3n) is 3.96. The lowest BCUT2D eigenvalue weighted by atomic mass is 9.93. The molecule has 0 unspecified atom stereocenters. The summed E-state index contributed by atoms with van der Waals surface area (Å²) in [5, 5.41) is 6.93. The Kier molecular flexibility index (Phi) is 3.48. The van der Waals surface area contributed by atoms with Gasteiger partial charge in [0.2, 0.25) is 0 Å². The van der Waals surface area contributed by atoms with Crippen LogP contribution in [0.2, 0.25) is 0 Å². The first-order valence-corrected chi connectivity index (χ1v) is 7.11. The van der Waals surface area contributed by atoms with Gasteiger partial charge in [0.25, 0.3) is 0 Å². The predicted molar refractivity (Wildman–Crippen MR) is 78.7 cm³/mol.